The lowest BCUT2D eigenvalue weighted by Gasteiger charge is -1.96. The molecular weight excluding hydrogens is 92.1 g/mol. The third-order valence-electron chi connectivity index (χ3n) is 0.612. The van der Waals surface area contributed by atoms with Gasteiger partial charge in [-0.2, -0.15) is 0 Å². The van der Waals surface area contributed by atoms with Crippen molar-refractivity contribution in [1.82, 2.24) is 5.32 Å². The molecule has 0 spiro atoms. The first-order valence-corrected chi connectivity index (χ1v) is 2.44. The predicted molar refractivity (Wildman–Crippen MR) is 28.4 cm³/mol. The molecule has 0 aromatic heterocycles. The molecule has 0 aromatic carbocycles. The zero-order chi connectivity index (χ0) is 5.54. The molecule has 0 aliphatic carbocycles. The Balaban J connectivity index is 2.45. The third kappa shape index (κ3) is 5.88. The van der Waals surface area contributed by atoms with Crippen LogP contribution in [0.2, 0.25) is 0 Å². The van der Waals surface area contributed by atoms with Crippen LogP contribution in [0.3, 0.4) is 0 Å². The Labute approximate surface area is 43.8 Å². The van der Waals surface area contributed by atoms with Crippen molar-refractivity contribution in [2.45, 2.75) is 13.3 Å². The van der Waals surface area contributed by atoms with Crippen LogP contribution in [-0.2, 0) is 4.84 Å². The van der Waals surface area contributed by atoms with Crippen molar-refractivity contribution in [3.05, 3.63) is 0 Å². The van der Waals surface area contributed by atoms with Crippen LogP contribution >= 0.6 is 0 Å². The molecule has 0 aromatic rings. The van der Waals surface area contributed by atoms with E-state index in [2.05, 4.69) is 17.1 Å². The van der Waals surface area contributed by atoms with Gasteiger partial charge in [-0.05, 0) is 13.0 Å². The molecule has 0 atom stereocenters. The number of rotatable bonds is 4. The summed E-state index contributed by atoms with van der Waals surface area (Å²) in [6.07, 6.45) is 1.11. The Hall–Kier alpha value is -0.120. The minimum atomic E-state index is 0.452. The second-order valence-corrected chi connectivity index (χ2v) is 1.31. The standard InChI is InChI=1S/C4H12N2O/c1-2-3-6-4-7-5/h6H,2-5H2,1H3. The van der Waals surface area contributed by atoms with Crippen LogP contribution in [0, 0.1) is 0 Å². The predicted octanol–water partition coefficient (Wildman–Crippen LogP) is -0.166. The van der Waals surface area contributed by atoms with Crippen LogP contribution < -0.4 is 11.2 Å². The van der Waals surface area contributed by atoms with Crippen molar-refractivity contribution >= 4 is 0 Å². The van der Waals surface area contributed by atoms with Crippen LogP contribution in [0.5, 0.6) is 0 Å². The normalized spacial score (nSPS) is 9.43. The van der Waals surface area contributed by atoms with Crippen molar-refractivity contribution < 1.29 is 4.84 Å². The summed E-state index contributed by atoms with van der Waals surface area (Å²) in [5.74, 6) is 4.71. The zero-order valence-electron chi connectivity index (χ0n) is 4.61. The van der Waals surface area contributed by atoms with Gasteiger partial charge in [-0.25, -0.2) is 5.90 Å². The molecule has 0 saturated heterocycles. The Bertz CT molecular complexity index is 28.9. The van der Waals surface area contributed by atoms with E-state index >= 15 is 0 Å². The molecule has 0 bridgehead atoms. The number of nitrogens with one attached hydrogen (secondary N) is 1. The van der Waals surface area contributed by atoms with Crippen molar-refractivity contribution in [2.24, 2.45) is 5.90 Å². The van der Waals surface area contributed by atoms with Gasteiger partial charge in [0.25, 0.3) is 0 Å². The summed E-state index contributed by atoms with van der Waals surface area (Å²) in [7, 11) is 0. The van der Waals surface area contributed by atoms with E-state index in [-0.39, 0.29) is 0 Å². The molecule has 0 aliphatic heterocycles. The molecule has 7 heavy (non-hydrogen) atoms. The van der Waals surface area contributed by atoms with E-state index in [0.29, 0.717) is 6.73 Å². The summed E-state index contributed by atoms with van der Waals surface area (Å²) in [5.41, 5.74) is 0. The minimum absolute atomic E-state index is 0.452. The molecule has 0 saturated carbocycles. The average Bonchev–Trinajstić information content (AvgIpc) is 1.69. The summed E-state index contributed by atoms with van der Waals surface area (Å²) in [6.45, 7) is 3.51. The second-order valence-electron chi connectivity index (χ2n) is 1.31. The van der Waals surface area contributed by atoms with Gasteiger partial charge in [-0.3, -0.25) is 10.2 Å². The van der Waals surface area contributed by atoms with Gasteiger partial charge in [0.1, 0.15) is 6.73 Å². The highest BCUT2D eigenvalue weighted by molar-refractivity contribution is 4.32. The topological polar surface area (TPSA) is 47.3 Å². The van der Waals surface area contributed by atoms with Gasteiger partial charge in [0, 0.05) is 0 Å². The molecule has 3 nitrogen and oxygen atoms in total. The van der Waals surface area contributed by atoms with E-state index in [4.69, 9.17) is 5.90 Å². The lowest BCUT2D eigenvalue weighted by Crippen LogP contribution is -2.20. The summed E-state index contributed by atoms with van der Waals surface area (Å²) < 4.78 is 0. The molecule has 0 rings (SSSR count). The van der Waals surface area contributed by atoms with E-state index in [1.54, 1.807) is 0 Å². The quantitative estimate of drug-likeness (QED) is 0.296. The Morgan fingerprint density at radius 2 is 2.43 bits per heavy atom. The van der Waals surface area contributed by atoms with E-state index < -0.39 is 0 Å². The van der Waals surface area contributed by atoms with E-state index in [9.17, 15) is 0 Å². The first-order valence-electron chi connectivity index (χ1n) is 2.44. The van der Waals surface area contributed by atoms with E-state index in [1.165, 1.54) is 0 Å². The SMILES string of the molecule is CCCNCON. The first-order chi connectivity index (χ1) is 3.41. The van der Waals surface area contributed by atoms with Crippen molar-refractivity contribution in [3.63, 3.8) is 0 Å². The van der Waals surface area contributed by atoms with Crippen LogP contribution in [0.25, 0.3) is 0 Å². The maximum atomic E-state index is 4.71. The highest BCUT2D eigenvalue weighted by Gasteiger charge is 1.76. The molecule has 0 fully saturated rings. The minimum Gasteiger partial charge on any atom is -0.293 e. The van der Waals surface area contributed by atoms with Gasteiger partial charge >= 0.3 is 0 Å². The van der Waals surface area contributed by atoms with Gasteiger partial charge in [-0.15, -0.1) is 0 Å². The van der Waals surface area contributed by atoms with E-state index in [0.717, 1.165) is 13.0 Å². The fraction of sp³-hybridized carbons (Fsp3) is 1.00. The van der Waals surface area contributed by atoms with Crippen LogP contribution in [0.4, 0.5) is 0 Å². The molecule has 0 aliphatic rings. The van der Waals surface area contributed by atoms with E-state index in [1.807, 2.05) is 0 Å². The van der Waals surface area contributed by atoms with Crippen LogP contribution in [0.1, 0.15) is 13.3 Å². The maximum Gasteiger partial charge on any atom is 0.118 e. The second kappa shape index (κ2) is 5.88. The van der Waals surface area contributed by atoms with Gasteiger partial charge in [0.05, 0.1) is 0 Å². The molecule has 0 amide bonds. The Morgan fingerprint density at radius 1 is 1.71 bits per heavy atom. The molecule has 0 heterocycles. The fourth-order valence-corrected chi connectivity index (χ4v) is 0.308. The van der Waals surface area contributed by atoms with Crippen molar-refractivity contribution in [1.29, 1.82) is 0 Å². The van der Waals surface area contributed by atoms with Crippen LogP contribution in [0.15, 0.2) is 0 Å². The number of nitrogens with two attached hydrogens (primary N) is 1. The lowest BCUT2D eigenvalue weighted by molar-refractivity contribution is 0.120. The van der Waals surface area contributed by atoms with Gasteiger partial charge in [-0.1, -0.05) is 6.92 Å². The molecule has 3 N–H and O–H groups in total. The fourth-order valence-electron chi connectivity index (χ4n) is 0.308. The summed E-state index contributed by atoms with van der Waals surface area (Å²) in [6, 6.07) is 0. The largest absolute Gasteiger partial charge is 0.293 e. The van der Waals surface area contributed by atoms with Crippen LogP contribution in [-0.4, -0.2) is 13.3 Å². The van der Waals surface area contributed by atoms with Gasteiger partial charge in [0.2, 0.25) is 0 Å². The molecule has 0 radical (unpaired) electrons. The third-order valence-corrected chi connectivity index (χ3v) is 0.612. The highest BCUT2D eigenvalue weighted by atomic mass is 16.6. The molecular formula is C4H12N2O. The first kappa shape index (κ1) is 6.88. The maximum absolute atomic E-state index is 4.71. The zero-order valence-corrected chi connectivity index (χ0v) is 4.61. The van der Waals surface area contributed by atoms with Crippen molar-refractivity contribution in [2.75, 3.05) is 13.3 Å². The molecule has 0 unspecified atom stereocenters. The monoisotopic (exact) mass is 104 g/mol. The summed E-state index contributed by atoms with van der Waals surface area (Å²) >= 11 is 0. The molecule has 44 valence electrons. The molecule has 3 heteroatoms. The number of hydrogen-bond donors (Lipinski definition) is 2. The highest BCUT2D eigenvalue weighted by Crippen LogP contribution is 1.66. The van der Waals surface area contributed by atoms with Crippen molar-refractivity contribution in [3.8, 4) is 0 Å². The number of hydrogen-bond acceptors (Lipinski definition) is 3. The summed E-state index contributed by atoms with van der Waals surface area (Å²) in [5, 5.41) is 2.94. The Kier molecular flexibility index (Phi) is 5.78. The summed E-state index contributed by atoms with van der Waals surface area (Å²) in [4.78, 5) is 4.23. The Morgan fingerprint density at radius 3 is 2.86 bits per heavy atom. The van der Waals surface area contributed by atoms with Gasteiger partial charge < -0.3 is 0 Å². The van der Waals surface area contributed by atoms with Gasteiger partial charge in [0.15, 0.2) is 0 Å². The lowest BCUT2D eigenvalue weighted by atomic mass is 10.5. The smallest absolute Gasteiger partial charge is 0.118 e. The average molecular weight is 104 g/mol.